The number of nitrogens with one attached hydrogen (secondary N) is 2. The van der Waals surface area contributed by atoms with E-state index in [-0.39, 0.29) is 18.3 Å². The molecule has 0 atom stereocenters. The van der Waals surface area contributed by atoms with Crippen molar-refractivity contribution in [2.75, 3.05) is 26.4 Å². The first-order valence-corrected chi connectivity index (χ1v) is 6.94. The highest BCUT2D eigenvalue weighted by atomic mass is 35.5. The molecule has 0 unspecified atom stereocenters. The molecule has 0 saturated carbocycles. The van der Waals surface area contributed by atoms with Crippen molar-refractivity contribution in [2.45, 2.75) is 11.3 Å². The number of thioether (sulfide) groups is 1. The van der Waals surface area contributed by atoms with Gasteiger partial charge >= 0.3 is 0 Å². The molecule has 6 heteroatoms. The highest BCUT2D eigenvalue weighted by Gasteiger charge is 2.11. The predicted octanol–water partition coefficient (Wildman–Crippen LogP) is 2.23. The zero-order valence-corrected chi connectivity index (χ0v) is 11.9. The summed E-state index contributed by atoms with van der Waals surface area (Å²) >= 11 is 3.11. The third kappa shape index (κ3) is 4.74. The summed E-state index contributed by atoms with van der Waals surface area (Å²) in [5.41, 5.74) is 0. The summed E-state index contributed by atoms with van der Waals surface area (Å²) in [7, 11) is 1.91. The minimum Gasteiger partial charge on any atom is -0.351 e. The average molecular weight is 281 g/mol. The molecule has 1 aromatic heterocycles. The molecule has 0 radical (unpaired) electrons. The number of hydrogen-bond acceptors (Lipinski definition) is 4. The van der Waals surface area contributed by atoms with Gasteiger partial charge in [-0.25, -0.2) is 0 Å². The molecule has 1 heterocycles. The lowest BCUT2D eigenvalue weighted by molar-refractivity contribution is 0.0955. The Bertz CT molecular complexity index is 318. The Kier molecular flexibility index (Phi) is 8.74. The summed E-state index contributed by atoms with van der Waals surface area (Å²) in [6.45, 7) is 1.66. The zero-order chi connectivity index (χ0) is 11.1. The van der Waals surface area contributed by atoms with Gasteiger partial charge in [-0.05, 0) is 37.7 Å². The van der Waals surface area contributed by atoms with Gasteiger partial charge in [-0.15, -0.1) is 35.5 Å². The van der Waals surface area contributed by atoms with E-state index in [0.29, 0.717) is 0 Å². The van der Waals surface area contributed by atoms with Crippen LogP contribution in [0.25, 0.3) is 0 Å². The van der Waals surface area contributed by atoms with Crippen molar-refractivity contribution >= 4 is 41.4 Å². The molecule has 0 saturated heterocycles. The molecule has 0 aromatic carbocycles. The van der Waals surface area contributed by atoms with Crippen molar-refractivity contribution in [1.82, 2.24) is 10.6 Å². The van der Waals surface area contributed by atoms with Gasteiger partial charge in [-0.1, -0.05) is 0 Å². The summed E-state index contributed by atoms with van der Waals surface area (Å²) in [5, 5.41) is 7.91. The van der Waals surface area contributed by atoms with Crippen LogP contribution < -0.4 is 10.6 Å². The van der Waals surface area contributed by atoms with Crippen LogP contribution in [0.2, 0.25) is 0 Å². The van der Waals surface area contributed by atoms with E-state index in [1.807, 2.05) is 24.7 Å². The van der Waals surface area contributed by atoms with Gasteiger partial charge < -0.3 is 10.6 Å². The van der Waals surface area contributed by atoms with Crippen LogP contribution in [0.3, 0.4) is 0 Å². The molecule has 1 rings (SSSR count). The summed E-state index contributed by atoms with van der Waals surface area (Å²) in [6, 6.07) is 1.98. The molecule has 2 N–H and O–H groups in total. The molecular weight excluding hydrogens is 264 g/mol. The van der Waals surface area contributed by atoms with Crippen LogP contribution in [-0.2, 0) is 0 Å². The van der Waals surface area contributed by atoms with Crippen molar-refractivity contribution in [3.63, 3.8) is 0 Å². The Morgan fingerprint density at radius 2 is 2.25 bits per heavy atom. The molecule has 1 amide bonds. The molecule has 0 aliphatic carbocycles. The predicted molar refractivity (Wildman–Crippen MR) is 74.2 cm³/mol. The van der Waals surface area contributed by atoms with E-state index in [1.165, 1.54) is 11.3 Å². The van der Waals surface area contributed by atoms with Gasteiger partial charge in [0.05, 0.1) is 0 Å². The second-order valence-corrected chi connectivity index (χ2v) is 4.80. The van der Waals surface area contributed by atoms with Crippen LogP contribution >= 0.6 is 35.5 Å². The standard InChI is InChI=1S/C10H16N2OS2.ClH/c1-11-5-3-6-12-10(13)9-8(14-2)4-7-15-9;/h4,7,11H,3,5-6H2,1-2H3,(H,12,13);1H. The van der Waals surface area contributed by atoms with Crippen molar-refractivity contribution in [3.8, 4) is 0 Å². The summed E-state index contributed by atoms with van der Waals surface area (Å²) in [4.78, 5) is 13.6. The van der Waals surface area contributed by atoms with E-state index in [4.69, 9.17) is 0 Å². The van der Waals surface area contributed by atoms with Crippen molar-refractivity contribution < 1.29 is 4.79 Å². The molecule has 0 aliphatic rings. The SMILES string of the molecule is CNCCCNC(=O)c1sccc1SC.Cl. The first-order chi connectivity index (χ1) is 7.29. The van der Waals surface area contributed by atoms with Crippen molar-refractivity contribution in [2.24, 2.45) is 0 Å². The van der Waals surface area contributed by atoms with E-state index in [0.717, 1.165) is 29.3 Å². The summed E-state index contributed by atoms with van der Waals surface area (Å²) in [5.74, 6) is 0.0467. The highest BCUT2D eigenvalue weighted by molar-refractivity contribution is 7.98. The van der Waals surface area contributed by atoms with Crippen LogP contribution in [0.4, 0.5) is 0 Å². The molecule has 0 spiro atoms. The topological polar surface area (TPSA) is 41.1 Å². The smallest absolute Gasteiger partial charge is 0.262 e. The van der Waals surface area contributed by atoms with E-state index in [9.17, 15) is 4.79 Å². The second-order valence-electron chi connectivity index (χ2n) is 3.03. The number of amides is 1. The quantitative estimate of drug-likeness (QED) is 0.620. The van der Waals surface area contributed by atoms with E-state index >= 15 is 0 Å². The fraction of sp³-hybridized carbons (Fsp3) is 0.500. The van der Waals surface area contributed by atoms with Crippen molar-refractivity contribution in [1.29, 1.82) is 0 Å². The van der Waals surface area contributed by atoms with Crippen LogP contribution in [-0.4, -0.2) is 32.3 Å². The Morgan fingerprint density at radius 3 is 2.88 bits per heavy atom. The van der Waals surface area contributed by atoms with Crippen LogP contribution in [0.15, 0.2) is 16.3 Å². The van der Waals surface area contributed by atoms with Crippen LogP contribution in [0.1, 0.15) is 16.1 Å². The molecule has 3 nitrogen and oxygen atoms in total. The largest absolute Gasteiger partial charge is 0.351 e. The maximum absolute atomic E-state index is 11.7. The average Bonchev–Trinajstić information content (AvgIpc) is 2.72. The lowest BCUT2D eigenvalue weighted by Crippen LogP contribution is -2.26. The number of thiophene rings is 1. The van der Waals surface area contributed by atoms with Gasteiger partial charge in [-0.2, -0.15) is 0 Å². The monoisotopic (exact) mass is 280 g/mol. The van der Waals surface area contributed by atoms with Gasteiger partial charge in [-0.3, -0.25) is 4.79 Å². The third-order valence-electron chi connectivity index (χ3n) is 1.94. The Hall–Kier alpha value is -0.230. The lowest BCUT2D eigenvalue weighted by atomic mass is 10.4. The Labute approximate surface area is 111 Å². The molecular formula is C10H17ClN2OS2. The van der Waals surface area contributed by atoms with E-state index in [2.05, 4.69) is 10.6 Å². The molecule has 0 bridgehead atoms. The van der Waals surface area contributed by atoms with Gasteiger partial charge in [0.2, 0.25) is 0 Å². The molecule has 16 heavy (non-hydrogen) atoms. The Morgan fingerprint density at radius 1 is 1.50 bits per heavy atom. The summed E-state index contributed by atoms with van der Waals surface area (Å²) < 4.78 is 0. The fourth-order valence-corrected chi connectivity index (χ4v) is 2.84. The molecule has 0 fully saturated rings. The number of carbonyl (C=O) groups is 1. The minimum absolute atomic E-state index is 0. The normalized spacial score (nSPS) is 9.62. The van der Waals surface area contributed by atoms with Crippen LogP contribution in [0, 0.1) is 0 Å². The molecule has 1 aromatic rings. The van der Waals surface area contributed by atoms with Gasteiger partial charge in [0.1, 0.15) is 4.88 Å². The lowest BCUT2D eigenvalue weighted by Gasteiger charge is -2.04. The number of halogens is 1. The van der Waals surface area contributed by atoms with E-state index in [1.54, 1.807) is 11.8 Å². The van der Waals surface area contributed by atoms with Gasteiger partial charge in [0.15, 0.2) is 0 Å². The first-order valence-electron chi connectivity index (χ1n) is 4.84. The van der Waals surface area contributed by atoms with Gasteiger partial charge in [0.25, 0.3) is 5.91 Å². The second kappa shape index (κ2) is 8.87. The number of hydrogen-bond donors (Lipinski definition) is 2. The molecule has 0 aliphatic heterocycles. The minimum atomic E-state index is 0. The highest BCUT2D eigenvalue weighted by Crippen LogP contribution is 2.25. The van der Waals surface area contributed by atoms with Gasteiger partial charge in [0, 0.05) is 11.4 Å². The maximum Gasteiger partial charge on any atom is 0.262 e. The fourth-order valence-electron chi connectivity index (χ4n) is 1.17. The Balaban J connectivity index is 0.00000225. The third-order valence-corrected chi connectivity index (χ3v) is 3.77. The zero-order valence-electron chi connectivity index (χ0n) is 9.41. The van der Waals surface area contributed by atoms with E-state index < -0.39 is 0 Å². The first kappa shape index (κ1) is 15.8. The maximum atomic E-state index is 11.7. The summed E-state index contributed by atoms with van der Waals surface area (Å²) in [6.07, 6.45) is 2.95. The molecule has 92 valence electrons. The number of carbonyl (C=O) groups excluding carboxylic acids is 1. The number of rotatable bonds is 6. The van der Waals surface area contributed by atoms with Crippen molar-refractivity contribution in [3.05, 3.63) is 16.3 Å². The van der Waals surface area contributed by atoms with Crippen LogP contribution in [0.5, 0.6) is 0 Å².